The maximum atomic E-state index is 13.7. The number of halogens is 2. The molecule has 196 valence electrons. The van der Waals surface area contributed by atoms with Gasteiger partial charge in [-0.3, -0.25) is 4.79 Å². The summed E-state index contributed by atoms with van der Waals surface area (Å²) < 4.78 is 48.4. The second kappa shape index (κ2) is 11.0. The highest BCUT2D eigenvalue weighted by molar-refractivity contribution is 7.89. The molecule has 2 aromatic carbocycles. The van der Waals surface area contributed by atoms with Gasteiger partial charge in [0.05, 0.1) is 11.5 Å². The largest absolute Gasteiger partial charge is 0.493 e. The third-order valence-corrected chi connectivity index (χ3v) is 9.38. The minimum Gasteiger partial charge on any atom is -0.493 e. The Bertz CT molecular complexity index is 1190. The van der Waals surface area contributed by atoms with Gasteiger partial charge in [0.1, 0.15) is 11.6 Å². The Hall–Kier alpha value is -2.20. The van der Waals surface area contributed by atoms with Gasteiger partial charge in [0, 0.05) is 56.1 Å². The van der Waals surface area contributed by atoms with Crippen LogP contribution in [0.1, 0.15) is 24.8 Å². The number of piperidine rings is 1. The Morgan fingerprint density at radius 3 is 2.44 bits per heavy atom. The summed E-state index contributed by atoms with van der Waals surface area (Å²) in [5.41, 5.74) is -0.337. The maximum absolute atomic E-state index is 13.7. The van der Waals surface area contributed by atoms with Crippen LogP contribution in [0.3, 0.4) is 0 Å². The zero-order valence-electron chi connectivity index (χ0n) is 20.8. The molecule has 2 aliphatic heterocycles. The number of carbonyl (C=O) groups is 1. The molecule has 0 saturated carbocycles. The van der Waals surface area contributed by atoms with Gasteiger partial charge in [0.2, 0.25) is 15.9 Å². The molecule has 0 aliphatic carbocycles. The van der Waals surface area contributed by atoms with Crippen LogP contribution in [0, 0.1) is 18.2 Å². The monoisotopic (exact) mass is 537 g/mol. The van der Waals surface area contributed by atoms with Crippen molar-refractivity contribution in [1.29, 1.82) is 0 Å². The maximum Gasteiger partial charge on any atom is 0.243 e. The lowest BCUT2D eigenvalue weighted by Gasteiger charge is -2.43. The standard InChI is InChI=1S/C26H33ClFN3O4S/c1-20-16-22(28)6-9-24(20)36(33,34)31-11-3-10-26(18-31,19-35-23-7-4-21(27)5-8-23)17-25(32)30-14-12-29(2)13-15-30/h4-9,16H,3,10-15,17-19H2,1-2H3/t26-/m0/s1. The Kier molecular flexibility index (Phi) is 8.24. The molecule has 2 fully saturated rings. The topological polar surface area (TPSA) is 70.2 Å². The van der Waals surface area contributed by atoms with Crippen molar-refractivity contribution in [1.82, 2.24) is 14.1 Å². The molecule has 2 saturated heterocycles. The van der Waals surface area contributed by atoms with E-state index in [1.54, 1.807) is 31.2 Å². The van der Waals surface area contributed by atoms with Crippen molar-refractivity contribution in [3.05, 3.63) is 58.9 Å². The third-order valence-electron chi connectivity index (χ3n) is 7.12. The second-order valence-corrected chi connectivity index (χ2v) is 12.3. The molecule has 2 heterocycles. The molecule has 0 spiro atoms. The van der Waals surface area contributed by atoms with Gasteiger partial charge in [-0.05, 0) is 74.8 Å². The summed E-state index contributed by atoms with van der Waals surface area (Å²) in [7, 11) is -1.84. The van der Waals surface area contributed by atoms with Gasteiger partial charge in [-0.25, -0.2) is 12.8 Å². The van der Waals surface area contributed by atoms with Crippen LogP contribution >= 0.6 is 11.6 Å². The Labute approximate surface area is 217 Å². The van der Waals surface area contributed by atoms with Gasteiger partial charge in [0.15, 0.2) is 0 Å². The molecule has 0 aromatic heterocycles. The van der Waals surface area contributed by atoms with Crippen molar-refractivity contribution >= 4 is 27.5 Å². The van der Waals surface area contributed by atoms with Crippen LogP contribution in [0.5, 0.6) is 5.75 Å². The Morgan fingerprint density at radius 1 is 1.08 bits per heavy atom. The lowest BCUT2D eigenvalue weighted by Crippen LogP contribution is -2.53. The Morgan fingerprint density at radius 2 is 1.78 bits per heavy atom. The van der Waals surface area contributed by atoms with Gasteiger partial charge in [-0.15, -0.1) is 0 Å². The van der Waals surface area contributed by atoms with Crippen molar-refractivity contribution in [3.8, 4) is 5.75 Å². The molecule has 36 heavy (non-hydrogen) atoms. The van der Waals surface area contributed by atoms with E-state index in [2.05, 4.69) is 4.90 Å². The lowest BCUT2D eigenvalue weighted by molar-refractivity contribution is -0.136. The number of benzene rings is 2. The highest BCUT2D eigenvalue weighted by atomic mass is 35.5. The predicted molar refractivity (Wildman–Crippen MR) is 137 cm³/mol. The molecule has 10 heteroatoms. The molecule has 0 radical (unpaired) electrons. The van der Waals surface area contributed by atoms with E-state index in [1.165, 1.54) is 16.4 Å². The number of amides is 1. The SMILES string of the molecule is Cc1cc(F)ccc1S(=O)(=O)N1CCC[C@](COc2ccc(Cl)cc2)(CC(=O)N2CCN(C)CC2)C1. The predicted octanol–water partition coefficient (Wildman–Crippen LogP) is 3.80. The van der Waals surface area contributed by atoms with E-state index in [0.717, 1.165) is 19.2 Å². The number of sulfonamides is 1. The zero-order valence-corrected chi connectivity index (χ0v) is 22.3. The summed E-state index contributed by atoms with van der Waals surface area (Å²) in [5, 5.41) is 0.590. The van der Waals surface area contributed by atoms with Gasteiger partial charge < -0.3 is 14.5 Å². The first-order valence-corrected chi connectivity index (χ1v) is 14.0. The van der Waals surface area contributed by atoms with Crippen LogP contribution in [0.15, 0.2) is 47.4 Å². The number of hydrogen-bond acceptors (Lipinski definition) is 5. The lowest BCUT2D eigenvalue weighted by atomic mass is 9.78. The first-order chi connectivity index (χ1) is 17.1. The first kappa shape index (κ1) is 26.9. The van der Waals surface area contributed by atoms with E-state index in [1.807, 2.05) is 11.9 Å². The number of piperazine rings is 1. The molecule has 1 amide bonds. The van der Waals surface area contributed by atoms with Crippen LogP contribution in [-0.4, -0.2) is 81.4 Å². The number of aryl methyl sites for hydroxylation is 1. The molecule has 2 aromatic rings. The van der Waals surface area contributed by atoms with Crippen LogP contribution in [0.25, 0.3) is 0 Å². The molecule has 0 unspecified atom stereocenters. The zero-order chi connectivity index (χ0) is 25.9. The molecule has 4 rings (SSSR count). The molecular formula is C26H33ClFN3O4S. The van der Waals surface area contributed by atoms with E-state index in [4.69, 9.17) is 16.3 Å². The molecule has 0 N–H and O–H groups in total. The summed E-state index contributed by atoms with van der Waals surface area (Å²) in [5.74, 6) is 0.147. The highest BCUT2D eigenvalue weighted by Gasteiger charge is 2.43. The van der Waals surface area contributed by atoms with E-state index < -0.39 is 21.3 Å². The fourth-order valence-corrected chi connectivity index (χ4v) is 6.90. The molecule has 0 bridgehead atoms. The third kappa shape index (κ3) is 6.19. The van der Waals surface area contributed by atoms with Gasteiger partial charge >= 0.3 is 0 Å². The van der Waals surface area contributed by atoms with E-state index in [-0.39, 0.29) is 30.4 Å². The van der Waals surface area contributed by atoms with Crippen molar-refractivity contribution in [2.75, 3.05) is 52.9 Å². The van der Waals surface area contributed by atoms with E-state index in [0.29, 0.717) is 48.8 Å². The average Bonchev–Trinajstić information content (AvgIpc) is 2.84. The minimum atomic E-state index is -3.87. The number of likely N-dealkylation sites (N-methyl/N-ethyl adjacent to an activating group) is 1. The fraction of sp³-hybridized carbons (Fsp3) is 0.500. The summed E-state index contributed by atoms with van der Waals surface area (Å²) in [4.78, 5) is 17.5. The number of hydrogen-bond donors (Lipinski definition) is 0. The normalized spacial score (nSPS) is 21.9. The smallest absolute Gasteiger partial charge is 0.243 e. The van der Waals surface area contributed by atoms with Crippen molar-refractivity contribution in [2.45, 2.75) is 31.1 Å². The van der Waals surface area contributed by atoms with Crippen LogP contribution in [0.2, 0.25) is 5.02 Å². The van der Waals surface area contributed by atoms with Gasteiger partial charge in [-0.2, -0.15) is 4.31 Å². The first-order valence-electron chi connectivity index (χ1n) is 12.2. The average molecular weight is 538 g/mol. The number of ether oxygens (including phenoxy) is 1. The molecular weight excluding hydrogens is 505 g/mol. The molecule has 1 atom stereocenters. The highest BCUT2D eigenvalue weighted by Crippen LogP contribution is 2.38. The summed E-state index contributed by atoms with van der Waals surface area (Å²) >= 11 is 6.00. The van der Waals surface area contributed by atoms with Crippen molar-refractivity contribution in [3.63, 3.8) is 0 Å². The Balaban J connectivity index is 1.58. The van der Waals surface area contributed by atoms with Crippen LogP contribution < -0.4 is 4.74 Å². The van der Waals surface area contributed by atoms with Gasteiger partial charge in [0.25, 0.3) is 0 Å². The summed E-state index contributed by atoms with van der Waals surface area (Å²) in [6, 6.07) is 10.7. The number of carbonyl (C=O) groups excluding carboxylic acids is 1. The minimum absolute atomic E-state index is 0.0139. The molecule has 7 nitrogen and oxygen atoms in total. The molecule has 2 aliphatic rings. The van der Waals surface area contributed by atoms with Crippen molar-refractivity contribution in [2.24, 2.45) is 5.41 Å². The van der Waals surface area contributed by atoms with Crippen LogP contribution in [-0.2, 0) is 14.8 Å². The quantitative estimate of drug-likeness (QED) is 0.537. The van der Waals surface area contributed by atoms with Crippen molar-refractivity contribution < 1.29 is 22.3 Å². The fourth-order valence-electron chi connectivity index (χ4n) is 4.98. The van der Waals surface area contributed by atoms with Crippen LogP contribution in [0.4, 0.5) is 4.39 Å². The van der Waals surface area contributed by atoms with E-state index >= 15 is 0 Å². The summed E-state index contributed by atoms with van der Waals surface area (Å²) in [6.45, 7) is 5.20. The number of nitrogens with zero attached hydrogens (tertiary/aromatic N) is 3. The summed E-state index contributed by atoms with van der Waals surface area (Å²) in [6.07, 6.45) is 1.45. The number of rotatable bonds is 7. The second-order valence-electron chi connectivity index (χ2n) is 9.96. The van der Waals surface area contributed by atoms with Gasteiger partial charge in [-0.1, -0.05) is 11.6 Å². The van der Waals surface area contributed by atoms with E-state index in [9.17, 15) is 17.6 Å².